The molecule has 0 radical (unpaired) electrons. The van der Waals surface area contributed by atoms with Crippen molar-refractivity contribution in [3.8, 4) is 0 Å². The number of hydrogen-bond acceptors (Lipinski definition) is 5. The van der Waals surface area contributed by atoms with Gasteiger partial charge in [-0.25, -0.2) is 8.42 Å². The van der Waals surface area contributed by atoms with Gasteiger partial charge >= 0.3 is 0 Å². The van der Waals surface area contributed by atoms with Gasteiger partial charge in [0.2, 0.25) is 15.9 Å². The molecule has 1 aliphatic heterocycles. The molecule has 2 N–H and O–H groups in total. The van der Waals surface area contributed by atoms with Crippen LogP contribution in [-0.2, 0) is 19.6 Å². The van der Waals surface area contributed by atoms with E-state index >= 15 is 0 Å². The molecule has 0 aromatic heterocycles. The first-order valence-corrected chi connectivity index (χ1v) is 8.31. The minimum atomic E-state index is -3.39. The summed E-state index contributed by atoms with van der Waals surface area (Å²) >= 11 is 0. The average molecular weight is 308 g/mol. The van der Waals surface area contributed by atoms with E-state index in [2.05, 4.69) is 5.32 Å². The lowest BCUT2D eigenvalue weighted by Crippen LogP contribution is -2.43. The summed E-state index contributed by atoms with van der Waals surface area (Å²) in [5, 5.41) is 11.7. The first kappa shape index (κ1) is 17.4. The van der Waals surface area contributed by atoms with Crippen molar-refractivity contribution in [1.82, 2.24) is 9.62 Å². The fraction of sp³-hybridized carbons (Fsp3) is 0.917. The molecule has 1 rings (SSSR count). The molecule has 1 saturated heterocycles. The Kier molecular flexibility index (Phi) is 6.38. The van der Waals surface area contributed by atoms with Crippen LogP contribution in [0.1, 0.15) is 20.3 Å². The van der Waals surface area contributed by atoms with Gasteiger partial charge in [0.05, 0.1) is 19.0 Å². The molecular weight excluding hydrogens is 284 g/mol. The minimum absolute atomic E-state index is 0.0423. The number of morpholine rings is 1. The summed E-state index contributed by atoms with van der Waals surface area (Å²) in [7, 11) is -3.39. The maximum absolute atomic E-state index is 12.0. The van der Waals surface area contributed by atoms with Crippen LogP contribution in [0.15, 0.2) is 0 Å². The number of carbonyl (C=O) groups excluding carboxylic acids is 1. The maximum Gasteiger partial charge on any atom is 0.221 e. The van der Waals surface area contributed by atoms with Crippen molar-refractivity contribution in [3.63, 3.8) is 0 Å². The van der Waals surface area contributed by atoms with Gasteiger partial charge in [0.1, 0.15) is 0 Å². The van der Waals surface area contributed by atoms with Crippen molar-refractivity contribution >= 4 is 15.9 Å². The van der Waals surface area contributed by atoms with Crippen LogP contribution in [0.4, 0.5) is 0 Å². The third-order valence-electron chi connectivity index (χ3n) is 3.14. The number of hydrogen-bond donors (Lipinski definition) is 2. The van der Waals surface area contributed by atoms with Crippen LogP contribution in [0, 0.1) is 5.41 Å². The fourth-order valence-corrected chi connectivity index (χ4v) is 3.06. The molecule has 0 saturated carbocycles. The second-order valence-corrected chi connectivity index (χ2v) is 7.76. The summed E-state index contributed by atoms with van der Waals surface area (Å²) in [5.74, 6) is -0.512. The number of amides is 1. The Hall–Kier alpha value is -0.700. The molecule has 8 heteroatoms. The van der Waals surface area contributed by atoms with Crippen molar-refractivity contribution in [1.29, 1.82) is 0 Å². The third kappa shape index (κ3) is 5.74. The Labute approximate surface area is 120 Å². The molecule has 0 bridgehead atoms. The number of aliphatic hydroxyl groups is 1. The van der Waals surface area contributed by atoms with Crippen molar-refractivity contribution in [3.05, 3.63) is 0 Å². The zero-order chi connectivity index (χ0) is 15.2. The van der Waals surface area contributed by atoms with Crippen molar-refractivity contribution in [2.75, 3.05) is 45.2 Å². The van der Waals surface area contributed by atoms with Crippen LogP contribution in [0.5, 0.6) is 0 Å². The first-order chi connectivity index (χ1) is 9.27. The lowest BCUT2D eigenvalue weighted by Gasteiger charge is -2.26. The normalized spacial score (nSPS) is 17.9. The number of aliphatic hydroxyl groups excluding tert-OH is 1. The Balaban J connectivity index is 2.36. The largest absolute Gasteiger partial charge is 0.396 e. The van der Waals surface area contributed by atoms with Gasteiger partial charge in [0.25, 0.3) is 0 Å². The van der Waals surface area contributed by atoms with E-state index in [1.807, 2.05) is 13.8 Å². The quantitative estimate of drug-likeness (QED) is 0.640. The van der Waals surface area contributed by atoms with Crippen LogP contribution in [0.25, 0.3) is 0 Å². The lowest BCUT2D eigenvalue weighted by molar-refractivity contribution is -0.121. The zero-order valence-electron chi connectivity index (χ0n) is 12.1. The molecule has 118 valence electrons. The molecule has 1 aliphatic rings. The second-order valence-electron chi connectivity index (χ2n) is 5.68. The summed E-state index contributed by atoms with van der Waals surface area (Å²) in [6.07, 6.45) is -0.0683. The van der Waals surface area contributed by atoms with Crippen LogP contribution >= 0.6 is 0 Å². The van der Waals surface area contributed by atoms with Crippen molar-refractivity contribution in [2.24, 2.45) is 5.41 Å². The van der Waals surface area contributed by atoms with Gasteiger partial charge in [-0.15, -0.1) is 0 Å². The third-order valence-corrected chi connectivity index (χ3v) is 5.01. The number of rotatable bonds is 7. The smallest absolute Gasteiger partial charge is 0.221 e. The molecule has 7 nitrogen and oxygen atoms in total. The Bertz CT molecular complexity index is 416. The topological polar surface area (TPSA) is 95.9 Å². The van der Waals surface area contributed by atoms with E-state index < -0.39 is 15.4 Å². The highest BCUT2D eigenvalue weighted by atomic mass is 32.2. The van der Waals surface area contributed by atoms with Gasteiger partial charge in [-0.2, -0.15) is 4.31 Å². The Morgan fingerprint density at radius 1 is 1.35 bits per heavy atom. The highest BCUT2D eigenvalue weighted by Gasteiger charge is 2.25. The number of carbonyl (C=O) groups is 1. The molecule has 1 fully saturated rings. The lowest BCUT2D eigenvalue weighted by atomic mass is 9.95. The summed E-state index contributed by atoms with van der Waals surface area (Å²) in [6, 6.07) is 0. The Morgan fingerprint density at radius 2 is 1.95 bits per heavy atom. The molecule has 0 aromatic rings. The van der Waals surface area contributed by atoms with E-state index in [0.29, 0.717) is 32.8 Å². The van der Waals surface area contributed by atoms with E-state index in [0.717, 1.165) is 0 Å². The highest BCUT2D eigenvalue weighted by Crippen LogP contribution is 2.11. The van der Waals surface area contributed by atoms with Gasteiger partial charge < -0.3 is 15.2 Å². The predicted molar refractivity (Wildman–Crippen MR) is 74.7 cm³/mol. The first-order valence-electron chi connectivity index (χ1n) is 6.70. The molecule has 20 heavy (non-hydrogen) atoms. The summed E-state index contributed by atoms with van der Waals surface area (Å²) < 4.78 is 30.5. The molecule has 1 heterocycles. The van der Waals surface area contributed by atoms with Crippen molar-refractivity contribution in [2.45, 2.75) is 20.3 Å². The Morgan fingerprint density at radius 3 is 2.50 bits per heavy atom. The van der Waals surface area contributed by atoms with E-state index in [-0.39, 0.29) is 24.7 Å². The van der Waals surface area contributed by atoms with E-state index in [4.69, 9.17) is 9.84 Å². The second kappa shape index (κ2) is 7.35. The van der Waals surface area contributed by atoms with E-state index in [9.17, 15) is 13.2 Å². The van der Waals surface area contributed by atoms with Gasteiger partial charge in [-0.05, 0) is 0 Å². The molecule has 0 spiro atoms. The monoisotopic (exact) mass is 308 g/mol. The predicted octanol–water partition coefficient (Wildman–Crippen LogP) is -0.827. The van der Waals surface area contributed by atoms with E-state index in [1.54, 1.807) is 0 Å². The summed E-state index contributed by atoms with van der Waals surface area (Å²) in [6.45, 7) is 5.41. The summed E-state index contributed by atoms with van der Waals surface area (Å²) in [5.41, 5.74) is -0.404. The van der Waals surface area contributed by atoms with Gasteiger partial charge in [-0.1, -0.05) is 13.8 Å². The molecule has 1 amide bonds. The standard InChI is InChI=1S/C12H24N2O5S/c1-12(2,10-15)9-13-11(16)3-8-20(17,18)14-4-6-19-7-5-14/h15H,3-10H2,1-2H3,(H,13,16). The molecule has 0 unspecified atom stereocenters. The molecule has 0 atom stereocenters. The van der Waals surface area contributed by atoms with Crippen LogP contribution in [-0.4, -0.2) is 68.9 Å². The highest BCUT2D eigenvalue weighted by molar-refractivity contribution is 7.89. The van der Waals surface area contributed by atoms with Gasteiger partial charge in [0, 0.05) is 38.1 Å². The van der Waals surface area contributed by atoms with E-state index in [1.165, 1.54) is 4.31 Å². The average Bonchev–Trinajstić information content (AvgIpc) is 2.44. The number of ether oxygens (including phenoxy) is 1. The fourth-order valence-electron chi connectivity index (χ4n) is 1.66. The summed E-state index contributed by atoms with van der Waals surface area (Å²) in [4.78, 5) is 11.6. The van der Waals surface area contributed by atoms with Crippen LogP contribution in [0.3, 0.4) is 0 Å². The zero-order valence-corrected chi connectivity index (χ0v) is 12.9. The maximum atomic E-state index is 12.0. The van der Waals surface area contributed by atoms with Crippen LogP contribution in [0.2, 0.25) is 0 Å². The van der Waals surface area contributed by atoms with Gasteiger partial charge in [-0.3, -0.25) is 4.79 Å². The number of nitrogens with zero attached hydrogens (tertiary/aromatic N) is 1. The molecule has 0 aromatic carbocycles. The van der Waals surface area contributed by atoms with Crippen LogP contribution < -0.4 is 5.32 Å². The van der Waals surface area contributed by atoms with Gasteiger partial charge in [0.15, 0.2) is 0 Å². The minimum Gasteiger partial charge on any atom is -0.396 e. The SMILES string of the molecule is CC(C)(CO)CNC(=O)CCS(=O)(=O)N1CCOCC1. The number of sulfonamides is 1. The number of nitrogens with one attached hydrogen (secondary N) is 1. The van der Waals surface area contributed by atoms with Crippen molar-refractivity contribution < 1.29 is 23.1 Å². The molecular formula is C12H24N2O5S. The molecule has 0 aliphatic carbocycles.